The molecule has 2 heteroatoms. The highest BCUT2D eigenvalue weighted by molar-refractivity contribution is 5.19. The zero-order valence-corrected chi connectivity index (χ0v) is 9.59. The van der Waals surface area contributed by atoms with Gasteiger partial charge < -0.3 is 5.32 Å². The van der Waals surface area contributed by atoms with E-state index >= 15 is 0 Å². The Kier molecular flexibility index (Phi) is 5.33. The molecule has 1 atom stereocenters. The van der Waals surface area contributed by atoms with Gasteiger partial charge in [-0.05, 0) is 37.6 Å². The van der Waals surface area contributed by atoms with Gasteiger partial charge in [-0.2, -0.15) is 0 Å². The average Bonchev–Trinajstić information content (AvgIpc) is 2.24. The first-order valence-corrected chi connectivity index (χ1v) is 5.73. The molecule has 0 aliphatic heterocycles. The van der Waals surface area contributed by atoms with Crippen molar-refractivity contribution in [3.63, 3.8) is 0 Å². The lowest BCUT2D eigenvalue weighted by molar-refractivity contribution is 0.539. The largest absolute Gasteiger partial charge is 0.310 e. The molecule has 0 unspecified atom stereocenters. The molecular formula is C13H20FN. The van der Waals surface area contributed by atoms with E-state index in [1.54, 1.807) is 12.1 Å². The molecule has 0 saturated heterocycles. The van der Waals surface area contributed by atoms with Crippen LogP contribution in [0.4, 0.5) is 4.39 Å². The van der Waals surface area contributed by atoms with Gasteiger partial charge in [-0.1, -0.05) is 31.9 Å². The maximum atomic E-state index is 12.9. The van der Waals surface area contributed by atoms with E-state index in [1.807, 2.05) is 6.07 Å². The fourth-order valence-electron chi connectivity index (χ4n) is 1.59. The summed E-state index contributed by atoms with van der Waals surface area (Å²) in [4.78, 5) is 0. The van der Waals surface area contributed by atoms with E-state index in [9.17, 15) is 4.39 Å². The minimum atomic E-state index is -0.158. The summed E-state index contributed by atoms with van der Waals surface area (Å²) >= 11 is 0. The van der Waals surface area contributed by atoms with E-state index in [-0.39, 0.29) is 11.9 Å². The summed E-state index contributed by atoms with van der Waals surface area (Å²) < 4.78 is 12.9. The van der Waals surface area contributed by atoms with Gasteiger partial charge in [0.25, 0.3) is 0 Å². The zero-order chi connectivity index (χ0) is 11.1. The third-order valence-corrected chi connectivity index (χ3v) is 2.58. The third kappa shape index (κ3) is 4.43. The molecule has 0 saturated carbocycles. The molecule has 15 heavy (non-hydrogen) atoms. The minimum absolute atomic E-state index is 0.158. The molecule has 0 fully saturated rings. The normalized spacial score (nSPS) is 12.7. The highest BCUT2D eigenvalue weighted by atomic mass is 19.1. The van der Waals surface area contributed by atoms with Gasteiger partial charge in [0.1, 0.15) is 5.82 Å². The number of benzene rings is 1. The summed E-state index contributed by atoms with van der Waals surface area (Å²) in [6.45, 7) is 5.27. The Balaban J connectivity index is 2.36. The van der Waals surface area contributed by atoms with Crippen LogP contribution < -0.4 is 5.32 Å². The van der Waals surface area contributed by atoms with Crippen molar-refractivity contribution in [2.24, 2.45) is 0 Å². The molecule has 0 spiro atoms. The summed E-state index contributed by atoms with van der Waals surface area (Å²) in [5.74, 6) is -0.158. The fourth-order valence-corrected chi connectivity index (χ4v) is 1.59. The summed E-state index contributed by atoms with van der Waals surface area (Å²) in [7, 11) is 0. The Bertz CT molecular complexity index is 286. The number of halogens is 1. The van der Waals surface area contributed by atoms with Gasteiger partial charge >= 0.3 is 0 Å². The second-order valence-electron chi connectivity index (χ2n) is 3.94. The van der Waals surface area contributed by atoms with Gasteiger partial charge in [0.2, 0.25) is 0 Å². The molecule has 0 bridgehead atoms. The number of hydrogen-bond donors (Lipinski definition) is 1. The molecule has 1 N–H and O–H groups in total. The first-order valence-electron chi connectivity index (χ1n) is 5.73. The Morgan fingerprint density at radius 2 is 2.13 bits per heavy atom. The zero-order valence-electron chi connectivity index (χ0n) is 9.59. The maximum Gasteiger partial charge on any atom is 0.123 e. The Labute approximate surface area is 91.7 Å². The van der Waals surface area contributed by atoms with Gasteiger partial charge in [-0.25, -0.2) is 4.39 Å². The molecule has 1 aromatic carbocycles. The van der Waals surface area contributed by atoms with Crippen molar-refractivity contribution < 1.29 is 4.39 Å². The van der Waals surface area contributed by atoms with E-state index in [1.165, 1.54) is 25.3 Å². The van der Waals surface area contributed by atoms with Crippen molar-refractivity contribution in [1.82, 2.24) is 5.32 Å². The van der Waals surface area contributed by atoms with E-state index in [0.717, 1.165) is 12.1 Å². The predicted molar refractivity (Wildman–Crippen MR) is 62.3 cm³/mol. The van der Waals surface area contributed by atoms with E-state index in [0.29, 0.717) is 0 Å². The molecule has 0 heterocycles. The van der Waals surface area contributed by atoms with Crippen LogP contribution in [0.15, 0.2) is 24.3 Å². The quantitative estimate of drug-likeness (QED) is 0.705. The highest BCUT2D eigenvalue weighted by Crippen LogP contribution is 2.13. The first kappa shape index (κ1) is 12.2. The summed E-state index contributed by atoms with van der Waals surface area (Å²) in [5.41, 5.74) is 1.02. The number of nitrogens with one attached hydrogen (secondary N) is 1. The second-order valence-corrected chi connectivity index (χ2v) is 3.94. The van der Waals surface area contributed by atoms with Crippen LogP contribution in [0, 0.1) is 5.82 Å². The Morgan fingerprint density at radius 3 is 2.80 bits per heavy atom. The monoisotopic (exact) mass is 209 g/mol. The van der Waals surface area contributed by atoms with Gasteiger partial charge in [0.15, 0.2) is 0 Å². The lowest BCUT2D eigenvalue weighted by atomic mass is 10.1. The second kappa shape index (κ2) is 6.57. The van der Waals surface area contributed by atoms with Crippen molar-refractivity contribution in [2.75, 3.05) is 6.54 Å². The lowest BCUT2D eigenvalue weighted by Crippen LogP contribution is -2.19. The van der Waals surface area contributed by atoms with E-state index in [4.69, 9.17) is 0 Å². The molecular weight excluding hydrogens is 189 g/mol. The summed E-state index contributed by atoms with van der Waals surface area (Å²) in [5, 5.41) is 3.39. The molecule has 1 aromatic rings. The van der Waals surface area contributed by atoms with Crippen LogP contribution in [0.1, 0.15) is 44.7 Å². The molecule has 1 nitrogen and oxygen atoms in total. The van der Waals surface area contributed by atoms with Crippen LogP contribution >= 0.6 is 0 Å². The predicted octanol–water partition coefficient (Wildman–Crippen LogP) is 3.67. The van der Waals surface area contributed by atoms with Crippen LogP contribution in [0.3, 0.4) is 0 Å². The average molecular weight is 209 g/mol. The molecule has 0 radical (unpaired) electrons. The van der Waals surface area contributed by atoms with Crippen LogP contribution in [0.25, 0.3) is 0 Å². The smallest absolute Gasteiger partial charge is 0.123 e. The Morgan fingerprint density at radius 1 is 1.33 bits per heavy atom. The van der Waals surface area contributed by atoms with Crippen LogP contribution in [-0.4, -0.2) is 6.54 Å². The van der Waals surface area contributed by atoms with Crippen molar-refractivity contribution in [3.8, 4) is 0 Å². The molecule has 1 rings (SSSR count). The molecule has 84 valence electrons. The summed E-state index contributed by atoms with van der Waals surface area (Å²) in [6.07, 6.45) is 3.68. The van der Waals surface area contributed by atoms with E-state index in [2.05, 4.69) is 19.2 Å². The Hall–Kier alpha value is -0.890. The lowest BCUT2D eigenvalue weighted by Gasteiger charge is -2.13. The van der Waals surface area contributed by atoms with Crippen LogP contribution in [-0.2, 0) is 0 Å². The topological polar surface area (TPSA) is 12.0 Å². The van der Waals surface area contributed by atoms with Gasteiger partial charge in [0, 0.05) is 6.04 Å². The summed E-state index contributed by atoms with van der Waals surface area (Å²) in [6, 6.07) is 7.03. The van der Waals surface area contributed by atoms with E-state index < -0.39 is 0 Å². The van der Waals surface area contributed by atoms with Crippen molar-refractivity contribution in [1.29, 1.82) is 0 Å². The maximum absolute atomic E-state index is 12.9. The van der Waals surface area contributed by atoms with Crippen molar-refractivity contribution in [3.05, 3.63) is 35.6 Å². The number of rotatable bonds is 6. The van der Waals surface area contributed by atoms with Gasteiger partial charge in [-0.3, -0.25) is 0 Å². The third-order valence-electron chi connectivity index (χ3n) is 2.58. The number of hydrogen-bond acceptors (Lipinski definition) is 1. The molecule has 0 aromatic heterocycles. The minimum Gasteiger partial charge on any atom is -0.310 e. The van der Waals surface area contributed by atoms with Crippen LogP contribution in [0.5, 0.6) is 0 Å². The highest BCUT2D eigenvalue weighted by Gasteiger charge is 2.04. The van der Waals surface area contributed by atoms with Gasteiger partial charge in [0.05, 0.1) is 0 Å². The molecule has 0 amide bonds. The van der Waals surface area contributed by atoms with Crippen molar-refractivity contribution >= 4 is 0 Å². The van der Waals surface area contributed by atoms with Crippen molar-refractivity contribution in [2.45, 2.75) is 39.2 Å². The molecule has 0 aliphatic rings. The van der Waals surface area contributed by atoms with Crippen LogP contribution in [0.2, 0.25) is 0 Å². The van der Waals surface area contributed by atoms with Gasteiger partial charge in [-0.15, -0.1) is 0 Å². The SMILES string of the molecule is CCCCCN[C@@H](C)c1cccc(F)c1. The molecule has 0 aliphatic carbocycles. The fraction of sp³-hybridized carbons (Fsp3) is 0.538. The standard InChI is InChI=1S/C13H20FN/c1-3-4-5-9-15-11(2)12-7-6-8-13(14)10-12/h6-8,10-11,15H,3-5,9H2,1-2H3/t11-/m0/s1. The first-order chi connectivity index (χ1) is 7.24. The number of unbranched alkanes of at least 4 members (excludes halogenated alkanes) is 2.